The largest absolute Gasteiger partial charge is 0.488 e. The van der Waals surface area contributed by atoms with E-state index >= 15 is 0 Å². The van der Waals surface area contributed by atoms with Crippen molar-refractivity contribution in [2.75, 3.05) is 0 Å². The highest BCUT2D eigenvalue weighted by Gasteiger charge is 2.15. The zero-order valence-corrected chi connectivity index (χ0v) is 19.0. The number of aromatic nitrogens is 1. The molecule has 0 amide bonds. The molecule has 0 aliphatic carbocycles. The Morgan fingerprint density at radius 3 is 2.66 bits per heavy atom. The van der Waals surface area contributed by atoms with Crippen molar-refractivity contribution < 1.29 is 14.6 Å². The molecule has 0 radical (unpaired) electrons. The molecule has 1 heterocycles. The summed E-state index contributed by atoms with van der Waals surface area (Å²) in [5.74, 6) is -0.516. The number of hydrogen-bond donors (Lipinski definition) is 1. The maximum atomic E-state index is 11.4. The maximum absolute atomic E-state index is 11.4. The van der Waals surface area contributed by atoms with Crippen LogP contribution in [0.25, 0.3) is 22.0 Å². The number of halogens is 1. The van der Waals surface area contributed by atoms with Gasteiger partial charge in [-0.15, -0.1) is 0 Å². The van der Waals surface area contributed by atoms with E-state index in [9.17, 15) is 9.90 Å². The summed E-state index contributed by atoms with van der Waals surface area (Å²) < 4.78 is 8.41. The Morgan fingerprint density at radius 1 is 1.09 bits per heavy atom. The van der Waals surface area contributed by atoms with Crippen LogP contribution in [0, 0.1) is 5.92 Å². The molecule has 1 unspecified atom stereocenters. The fraction of sp³-hybridized carbons (Fsp3) is 0.222. The first-order valence-electron chi connectivity index (χ1n) is 10.8. The number of rotatable bonds is 8. The number of aryl methyl sites for hydroxylation is 1. The molecule has 4 rings (SSSR count). The monoisotopic (exact) mass is 447 g/mol. The Balaban J connectivity index is 1.72. The molecule has 0 saturated heterocycles. The Kier molecular flexibility index (Phi) is 6.52. The molecule has 1 aromatic heterocycles. The molecule has 0 spiro atoms. The number of nitrogens with zero attached hydrogens (tertiary/aromatic N) is 1. The van der Waals surface area contributed by atoms with Crippen molar-refractivity contribution in [1.82, 2.24) is 4.57 Å². The molecule has 3 aromatic carbocycles. The molecule has 0 aliphatic heterocycles. The van der Waals surface area contributed by atoms with Crippen molar-refractivity contribution in [3.05, 3.63) is 89.1 Å². The van der Waals surface area contributed by atoms with E-state index in [0.29, 0.717) is 18.1 Å². The third-order valence-corrected chi connectivity index (χ3v) is 6.14. The summed E-state index contributed by atoms with van der Waals surface area (Å²) in [6.45, 7) is 5.12. The molecule has 164 valence electrons. The van der Waals surface area contributed by atoms with Crippen LogP contribution in [0.4, 0.5) is 0 Å². The lowest BCUT2D eigenvalue weighted by Crippen LogP contribution is -2.12. The number of carbonyl (C=O) groups is 1. The summed E-state index contributed by atoms with van der Waals surface area (Å²) >= 11 is 6.30. The van der Waals surface area contributed by atoms with Crippen LogP contribution in [-0.4, -0.2) is 15.6 Å². The highest BCUT2D eigenvalue weighted by molar-refractivity contribution is 6.31. The van der Waals surface area contributed by atoms with E-state index in [2.05, 4.69) is 42.0 Å². The van der Waals surface area contributed by atoms with Gasteiger partial charge in [0.25, 0.3) is 0 Å². The van der Waals surface area contributed by atoms with Gasteiger partial charge < -0.3 is 14.4 Å². The minimum atomic E-state index is -0.798. The van der Waals surface area contributed by atoms with E-state index in [1.54, 1.807) is 6.92 Å². The van der Waals surface area contributed by atoms with Crippen molar-refractivity contribution in [2.45, 2.75) is 33.4 Å². The van der Waals surface area contributed by atoms with Gasteiger partial charge in [-0.2, -0.15) is 0 Å². The second-order valence-electron chi connectivity index (χ2n) is 8.03. The first-order chi connectivity index (χ1) is 15.5. The quantitative estimate of drug-likeness (QED) is 0.322. The number of fused-ring (bicyclic) bond motifs is 1. The van der Waals surface area contributed by atoms with Gasteiger partial charge in [0.1, 0.15) is 12.4 Å². The van der Waals surface area contributed by atoms with Crippen molar-refractivity contribution in [2.24, 2.45) is 5.92 Å². The average Bonchev–Trinajstić information content (AvgIpc) is 3.21. The Morgan fingerprint density at radius 2 is 1.91 bits per heavy atom. The number of carboxylic acid groups (broad SMARTS) is 1. The van der Waals surface area contributed by atoms with Gasteiger partial charge in [-0.1, -0.05) is 48.9 Å². The predicted molar refractivity (Wildman–Crippen MR) is 129 cm³/mol. The van der Waals surface area contributed by atoms with Gasteiger partial charge in [0.05, 0.1) is 5.92 Å². The van der Waals surface area contributed by atoms with Gasteiger partial charge in [-0.25, -0.2) is 0 Å². The molecule has 1 N–H and O–H groups in total. The summed E-state index contributed by atoms with van der Waals surface area (Å²) in [6, 6.07) is 22.0. The van der Waals surface area contributed by atoms with Gasteiger partial charge in [0.15, 0.2) is 0 Å². The molecule has 4 aromatic rings. The molecule has 0 aliphatic rings. The number of ether oxygens (including phenoxy) is 1. The lowest BCUT2D eigenvalue weighted by atomic mass is 9.96. The van der Waals surface area contributed by atoms with Crippen molar-refractivity contribution in [3.63, 3.8) is 0 Å². The molecule has 0 saturated carbocycles. The average molecular weight is 448 g/mol. The van der Waals surface area contributed by atoms with Crippen molar-refractivity contribution in [1.29, 1.82) is 0 Å². The number of carboxylic acids is 1. The van der Waals surface area contributed by atoms with E-state index in [1.807, 2.05) is 42.5 Å². The number of hydrogen-bond acceptors (Lipinski definition) is 2. The Bertz CT molecular complexity index is 1260. The smallest absolute Gasteiger partial charge is 0.306 e. The molecule has 32 heavy (non-hydrogen) atoms. The van der Waals surface area contributed by atoms with Crippen LogP contribution in [0.3, 0.4) is 0 Å². The normalized spacial score (nSPS) is 12.1. The van der Waals surface area contributed by atoms with Crippen LogP contribution in [-0.2, 0) is 24.4 Å². The minimum absolute atomic E-state index is 0.353. The summed E-state index contributed by atoms with van der Waals surface area (Å²) in [7, 11) is 0. The van der Waals surface area contributed by atoms with Crippen LogP contribution in [0.5, 0.6) is 5.75 Å². The van der Waals surface area contributed by atoms with E-state index in [1.165, 1.54) is 5.52 Å². The van der Waals surface area contributed by atoms with E-state index in [0.717, 1.165) is 39.9 Å². The number of aliphatic carboxylic acids is 1. The molecule has 0 bridgehead atoms. The standard InChI is InChI=1S/C27H26ClNO3/c1-3-29-13-12-21-16-20(9-10-25(21)29)23-15-19(14-18(2)27(30)31)8-11-26(23)32-17-22-6-4-5-7-24(22)28/h4-13,15-16,18H,3,14,17H2,1-2H3,(H,30,31). The fourth-order valence-electron chi connectivity index (χ4n) is 3.91. The third-order valence-electron chi connectivity index (χ3n) is 5.77. The number of benzene rings is 3. The lowest BCUT2D eigenvalue weighted by molar-refractivity contribution is -0.141. The van der Waals surface area contributed by atoms with Gasteiger partial charge >= 0.3 is 5.97 Å². The second-order valence-corrected chi connectivity index (χ2v) is 8.44. The highest BCUT2D eigenvalue weighted by atomic mass is 35.5. The van der Waals surface area contributed by atoms with E-state index < -0.39 is 11.9 Å². The summed E-state index contributed by atoms with van der Waals surface area (Å²) in [5, 5.41) is 11.2. The Hall–Kier alpha value is -3.24. The van der Waals surface area contributed by atoms with E-state index in [4.69, 9.17) is 16.3 Å². The Labute approximate surface area is 193 Å². The SMILES string of the molecule is CCn1ccc2cc(-c3cc(CC(C)C(=O)O)ccc3OCc3ccccc3Cl)ccc21. The minimum Gasteiger partial charge on any atom is -0.488 e. The molecule has 1 atom stereocenters. The van der Waals surface area contributed by atoms with Crippen molar-refractivity contribution in [3.8, 4) is 16.9 Å². The lowest BCUT2D eigenvalue weighted by Gasteiger charge is -2.15. The topological polar surface area (TPSA) is 51.5 Å². The van der Waals surface area contributed by atoms with Crippen molar-refractivity contribution >= 4 is 28.5 Å². The molecular weight excluding hydrogens is 422 g/mol. The highest BCUT2D eigenvalue weighted by Crippen LogP contribution is 2.35. The van der Waals surface area contributed by atoms with Crippen LogP contribution in [0.2, 0.25) is 5.02 Å². The molecule has 5 heteroatoms. The summed E-state index contributed by atoms with van der Waals surface area (Å²) in [4.78, 5) is 11.4. The van der Waals surface area contributed by atoms with Crippen LogP contribution in [0.15, 0.2) is 72.9 Å². The predicted octanol–water partition coefficient (Wildman–Crippen LogP) is 6.82. The van der Waals surface area contributed by atoms with Crippen LogP contribution >= 0.6 is 11.6 Å². The first kappa shape index (κ1) is 22.0. The molecular formula is C27H26ClNO3. The van der Waals surface area contributed by atoms with Crippen LogP contribution in [0.1, 0.15) is 25.0 Å². The summed E-state index contributed by atoms with van der Waals surface area (Å²) in [5.41, 5.74) is 5.04. The zero-order chi connectivity index (χ0) is 22.7. The van der Waals surface area contributed by atoms with Gasteiger partial charge in [0.2, 0.25) is 0 Å². The van der Waals surface area contributed by atoms with Crippen LogP contribution < -0.4 is 4.74 Å². The second kappa shape index (κ2) is 9.49. The third kappa shape index (κ3) is 4.66. The van der Waals surface area contributed by atoms with E-state index in [-0.39, 0.29) is 0 Å². The maximum Gasteiger partial charge on any atom is 0.306 e. The zero-order valence-electron chi connectivity index (χ0n) is 18.2. The van der Waals surface area contributed by atoms with Gasteiger partial charge in [-0.3, -0.25) is 4.79 Å². The van der Waals surface area contributed by atoms with Gasteiger partial charge in [-0.05, 0) is 60.9 Å². The molecule has 4 nitrogen and oxygen atoms in total. The van der Waals surface area contributed by atoms with Gasteiger partial charge in [0, 0.05) is 39.8 Å². The first-order valence-corrected chi connectivity index (χ1v) is 11.1. The molecule has 0 fully saturated rings. The fourth-order valence-corrected chi connectivity index (χ4v) is 4.10. The summed E-state index contributed by atoms with van der Waals surface area (Å²) in [6.07, 6.45) is 2.55.